The summed E-state index contributed by atoms with van der Waals surface area (Å²) in [6.07, 6.45) is 7.73. The van der Waals surface area contributed by atoms with Crippen molar-refractivity contribution in [2.24, 2.45) is 10.8 Å². The van der Waals surface area contributed by atoms with Gasteiger partial charge in [0.25, 0.3) is 0 Å². The molecule has 3 nitrogen and oxygen atoms in total. The number of ether oxygens (including phenoxy) is 1. The van der Waals surface area contributed by atoms with Crippen LogP contribution in [0.4, 0.5) is 5.69 Å². The van der Waals surface area contributed by atoms with E-state index in [1.165, 1.54) is 60.7 Å². The van der Waals surface area contributed by atoms with Gasteiger partial charge in [-0.1, -0.05) is 45.9 Å². The number of hydrogen-bond acceptors (Lipinski definition) is 5. The number of fused-ring (bicyclic) bond motifs is 7. The van der Waals surface area contributed by atoms with Crippen molar-refractivity contribution in [3.8, 4) is 28.0 Å². The molecule has 0 bridgehead atoms. The summed E-state index contributed by atoms with van der Waals surface area (Å²) in [4.78, 5) is 4.95. The number of anilines is 1. The highest BCUT2D eigenvalue weighted by atomic mass is 32.2. The lowest BCUT2D eigenvalue weighted by Crippen LogP contribution is -2.43. The van der Waals surface area contributed by atoms with Crippen molar-refractivity contribution >= 4 is 40.0 Å². The molecule has 3 aliphatic rings. The van der Waals surface area contributed by atoms with Crippen molar-refractivity contribution in [3.05, 3.63) is 71.8 Å². The molecular formula is C38H43NO2S2. The number of aromatic hydroxyl groups is 1. The molecule has 1 saturated heterocycles. The second kappa shape index (κ2) is 10.5. The highest BCUT2D eigenvalue weighted by Crippen LogP contribution is 2.65. The summed E-state index contributed by atoms with van der Waals surface area (Å²) in [5, 5.41) is 13.9. The minimum absolute atomic E-state index is 0.110. The Balaban J connectivity index is 1.43. The van der Waals surface area contributed by atoms with Gasteiger partial charge >= 0.3 is 0 Å². The quantitative estimate of drug-likeness (QED) is 0.233. The Labute approximate surface area is 265 Å². The Morgan fingerprint density at radius 2 is 1.42 bits per heavy atom. The molecule has 1 aliphatic heterocycles. The van der Waals surface area contributed by atoms with Crippen LogP contribution in [-0.2, 0) is 10.2 Å². The van der Waals surface area contributed by atoms with E-state index < -0.39 is 0 Å². The fraction of sp³-hybridized carbons (Fsp3) is 0.421. The number of benzene rings is 4. The predicted molar refractivity (Wildman–Crippen MR) is 185 cm³/mol. The second-order valence-corrected chi connectivity index (χ2v) is 16.1. The molecule has 2 aliphatic carbocycles. The Bertz CT molecular complexity index is 1700. The fourth-order valence-electron chi connectivity index (χ4n) is 9.07. The third-order valence-electron chi connectivity index (χ3n) is 10.0. The third kappa shape index (κ3) is 4.87. The van der Waals surface area contributed by atoms with Crippen molar-refractivity contribution in [3.63, 3.8) is 0 Å². The van der Waals surface area contributed by atoms with Gasteiger partial charge in [0, 0.05) is 39.4 Å². The minimum Gasteiger partial charge on any atom is -0.507 e. The molecule has 4 aromatic rings. The first kappa shape index (κ1) is 29.1. The molecule has 1 N–H and O–H groups in total. The third-order valence-corrected chi connectivity index (χ3v) is 11.5. The summed E-state index contributed by atoms with van der Waals surface area (Å²) in [6, 6.07) is 22.7. The summed E-state index contributed by atoms with van der Waals surface area (Å²) in [5.41, 5.74) is 9.33. The average molecular weight is 610 g/mol. The molecule has 1 saturated carbocycles. The minimum atomic E-state index is -0.110. The van der Waals surface area contributed by atoms with Gasteiger partial charge in [-0.3, -0.25) is 0 Å². The van der Waals surface area contributed by atoms with Crippen molar-refractivity contribution in [2.75, 3.05) is 43.7 Å². The standard InChI is InChI=1S/C38H43NO2S2/c1-36(2)21-37(3,4)23-38(22-36)31-17-26(42-5)11-12-27(31)35-30-19-34(43-6)28(18-29(30)33(40)20-32(35)38)24-7-9-25(10-8-24)39-13-15-41-16-14-39/h7-12,17-20,40H,13-16,21-23H2,1-6H3. The van der Waals surface area contributed by atoms with Gasteiger partial charge in [0.05, 0.1) is 13.2 Å². The lowest BCUT2D eigenvalue weighted by atomic mass is 9.52. The molecule has 43 heavy (non-hydrogen) atoms. The number of hydrogen-bond donors (Lipinski definition) is 1. The van der Waals surface area contributed by atoms with Gasteiger partial charge in [-0.15, -0.1) is 23.5 Å². The Hall–Kier alpha value is -2.60. The zero-order valence-electron chi connectivity index (χ0n) is 26.3. The summed E-state index contributed by atoms with van der Waals surface area (Å²) in [5.74, 6) is 0.394. The van der Waals surface area contributed by atoms with E-state index in [0.717, 1.165) is 44.5 Å². The van der Waals surface area contributed by atoms with Crippen LogP contribution in [0.3, 0.4) is 0 Å². The van der Waals surface area contributed by atoms with Crippen LogP contribution in [-0.4, -0.2) is 43.9 Å². The zero-order chi connectivity index (χ0) is 30.1. The van der Waals surface area contributed by atoms with Gasteiger partial charge in [0.15, 0.2) is 0 Å². The van der Waals surface area contributed by atoms with E-state index in [1.807, 2.05) is 11.8 Å². The molecule has 5 heteroatoms. The monoisotopic (exact) mass is 609 g/mol. The SMILES string of the molecule is CSc1ccc2c(c1)C1(CC(C)(C)CC(C)(C)C1)c1cc(O)c3cc(-c4ccc(N5CCOCC5)cc4)c(SC)cc3c1-2. The first-order chi connectivity index (χ1) is 20.5. The maximum absolute atomic E-state index is 11.8. The van der Waals surface area contributed by atoms with Crippen LogP contribution in [0.1, 0.15) is 58.1 Å². The predicted octanol–water partition coefficient (Wildman–Crippen LogP) is 10.00. The van der Waals surface area contributed by atoms with E-state index in [1.54, 1.807) is 11.8 Å². The smallest absolute Gasteiger partial charge is 0.123 e. The van der Waals surface area contributed by atoms with Crippen LogP contribution in [0.2, 0.25) is 0 Å². The number of thioether (sulfide) groups is 2. The number of nitrogens with zero attached hydrogens (tertiary/aromatic N) is 1. The van der Waals surface area contributed by atoms with Crippen molar-refractivity contribution in [2.45, 2.75) is 62.2 Å². The number of rotatable bonds is 4. The Morgan fingerprint density at radius 1 is 0.721 bits per heavy atom. The summed E-state index contributed by atoms with van der Waals surface area (Å²) < 4.78 is 5.55. The molecule has 0 unspecified atom stereocenters. The van der Waals surface area contributed by atoms with E-state index in [2.05, 4.69) is 106 Å². The molecule has 0 radical (unpaired) electrons. The van der Waals surface area contributed by atoms with E-state index in [0.29, 0.717) is 5.75 Å². The zero-order valence-corrected chi connectivity index (χ0v) is 28.0. The molecule has 7 rings (SSSR count). The van der Waals surface area contributed by atoms with Gasteiger partial charge < -0.3 is 14.7 Å². The number of phenols is 1. The number of phenolic OH excluding ortho intramolecular Hbond substituents is 1. The summed E-state index contributed by atoms with van der Waals surface area (Å²) >= 11 is 3.61. The highest BCUT2D eigenvalue weighted by molar-refractivity contribution is 7.99. The topological polar surface area (TPSA) is 32.7 Å². The van der Waals surface area contributed by atoms with Gasteiger partial charge in [0.2, 0.25) is 0 Å². The van der Waals surface area contributed by atoms with E-state index in [4.69, 9.17) is 4.74 Å². The van der Waals surface area contributed by atoms with E-state index in [-0.39, 0.29) is 16.2 Å². The van der Waals surface area contributed by atoms with Crippen LogP contribution < -0.4 is 4.90 Å². The highest BCUT2D eigenvalue weighted by Gasteiger charge is 2.53. The molecule has 1 spiro atoms. The number of morpholine rings is 1. The molecule has 224 valence electrons. The van der Waals surface area contributed by atoms with Crippen LogP contribution in [0.25, 0.3) is 33.0 Å². The van der Waals surface area contributed by atoms with Gasteiger partial charge in [-0.25, -0.2) is 0 Å². The fourth-order valence-corrected chi connectivity index (χ4v) is 10.1. The second-order valence-electron chi connectivity index (χ2n) is 14.4. The van der Waals surface area contributed by atoms with Crippen LogP contribution in [0.5, 0.6) is 5.75 Å². The normalized spacial score (nSPS) is 19.9. The summed E-state index contributed by atoms with van der Waals surface area (Å²) in [7, 11) is 0. The first-order valence-electron chi connectivity index (χ1n) is 15.5. The lowest BCUT2D eigenvalue weighted by Gasteiger charge is -2.51. The average Bonchev–Trinajstić information content (AvgIpc) is 3.22. The van der Waals surface area contributed by atoms with Crippen molar-refractivity contribution in [1.29, 1.82) is 0 Å². The molecule has 0 amide bonds. The van der Waals surface area contributed by atoms with Crippen LogP contribution >= 0.6 is 23.5 Å². The van der Waals surface area contributed by atoms with Gasteiger partial charge in [-0.05, 0) is 124 Å². The first-order valence-corrected chi connectivity index (χ1v) is 18.0. The van der Waals surface area contributed by atoms with Gasteiger partial charge in [-0.2, -0.15) is 0 Å². The van der Waals surface area contributed by atoms with E-state index in [9.17, 15) is 5.11 Å². The van der Waals surface area contributed by atoms with Crippen molar-refractivity contribution < 1.29 is 9.84 Å². The molecule has 0 atom stereocenters. The van der Waals surface area contributed by atoms with Crippen LogP contribution in [0, 0.1) is 10.8 Å². The molecule has 2 fully saturated rings. The van der Waals surface area contributed by atoms with Crippen molar-refractivity contribution in [1.82, 2.24) is 0 Å². The maximum atomic E-state index is 11.8. The van der Waals surface area contributed by atoms with E-state index >= 15 is 0 Å². The molecular weight excluding hydrogens is 567 g/mol. The maximum Gasteiger partial charge on any atom is 0.123 e. The molecule has 0 aromatic heterocycles. The molecule has 1 heterocycles. The Morgan fingerprint density at radius 3 is 2.07 bits per heavy atom. The lowest BCUT2D eigenvalue weighted by molar-refractivity contribution is 0.0644. The van der Waals surface area contributed by atoms with Crippen LogP contribution in [0.15, 0.2) is 70.5 Å². The summed E-state index contributed by atoms with van der Waals surface area (Å²) in [6.45, 7) is 13.2. The largest absolute Gasteiger partial charge is 0.507 e. The molecule has 4 aromatic carbocycles. The van der Waals surface area contributed by atoms with Gasteiger partial charge in [0.1, 0.15) is 5.75 Å². The Kier molecular flexibility index (Phi) is 7.11.